The van der Waals surface area contributed by atoms with Gasteiger partial charge in [-0.25, -0.2) is 4.79 Å². The van der Waals surface area contributed by atoms with Gasteiger partial charge in [-0.1, -0.05) is 26.2 Å². The maximum Gasteiger partial charge on any atom is 0.325 e. The summed E-state index contributed by atoms with van der Waals surface area (Å²) in [7, 11) is 0. The number of rotatable bonds is 3. The third kappa shape index (κ3) is 1.85. The van der Waals surface area contributed by atoms with E-state index >= 15 is 0 Å². The largest absolute Gasteiger partial charge is 0.480 e. The van der Waals surface area contributed by atoms with Crippen molar-refractivity contribution in [2.24, 2.45) is 5.92 Å². The fourth-order valence-corrected chi connectivity index (χ4v) is 3.17. The molecule has 1 saturated carbocycles. The fourth-order valence-electron chi connectivity index (χ4n) is 3.17. The van der Waals surface area contributed by atoms with Crippen LogP contribution in [0, 0.1) is 5.92 Å². The number of carbonyl (C=O) groups is 3. The molecule has 6 heteroatoms. The minimum Gasteiger partial charge on any atom is -0.480 e. The molecule has 0 bridgehead atoms. The lowest BCUT2D eigenvalue weighted by atomic mass is 9.71. The highest BCUT2D eigenvalue weighted by atomic mass is 16.4. The van der Waals surface area contributed by atoms with Crippen molar-refractivity contribution in [1.82, 2.24) is 10.2 Å². The number of amides is 3. The molecule has 2 rings (SSSR count). The number of hydrogen-bond acceptors (Lipinski definition) is 3. The van der Waals surface area contributed by atoms with Crippen molar-refractivity contribution in [2.45, 2.75) is 44.6 Å². The predicted molar refractivity (Wildman–Crippen MR) is 62.9 cm³/mol. The van der Waals surface area contributed by atoms with Gasteiger partial charge in [-0.05, 0) is 18.8 Å². The molecule has 0 aromatic heterocycles. The van der Waals surface area contributed by atoms with E-state index in [2.05, 4.69) is 5.32 Å². The molecule has 2 fully saturated rings. The number of hydrogen-bond donors (Lipinski definition) is 2. The first-order chi connectivity index (χ1) is 8.51. The van der Waals surface area contributed by atoms with E-state index in [0.29, 0.717) is 6.42 Å². The van der Waals surface area contributed by atoms with E-state index in [0.717, 1.165) is 30.6 Å². The Hall–Kier alpha value is -1.59. The number of nitrogens with zero attached hydrogens (tertiary/aromatic N) is 1. The van der Waals surface area contributed by atoms with Crippen LogP contribution >= 0.6 is 0 Å². The molecule has 1 spiro atoms. The van der Waals surface area contributed by atoms with Gasteiger partial charge in [-0.3, -0.25) is 14.5 Å². The molecular weight excluding hydrogens is 236 g/mol. The number of carbonyl (C=O) groups excluding carboxylic acids is 2. The highest BCUT2D eigenvalue weighted by Crippen LogP contribution is 2.39. The van der Waals surface area contributed by atoms with Crippen LogP contribution in [-0.4, -0.2) is 40.0 Å². The monoisotopic (exact) mass is 254 g/mol. The van der Waals surface area contributed by atoms with Gasteiger partial charge in [0.05, 0.1) is 0 Å². The van der Waals surface area contributed by atoms with Crippen LogP contribution in [0.3, 0.4) is 0 Å². The average Bonchev–Trinajstić information content (AvgIpc) is 2.55. The van der Waals surface area contributed by atoms with Crippen molar-refractivity contribution in [3.63, 3.8) is 0 Å². The topological polar surface area (TPSA) is 86.7 Å². The smallest absolute Gasteiger partial charge is 0.325 e. The lowest BCUT2D eigenvalue weighted by molar-refractivity contribution is -0.144. The zero-order valence-corrected chi connectivity index (χ0v) is 10.4. The van der Waals surface area contributed by atoms with E-state index in [-0.39, 0.29) is 11.8 Å². The molecule has 1 aliphatic heterocycles. The number of nitrogens with one attached hydrogen (secondary N) is 1. The first kappa shape index (κ1) is 12.9. The highest BCUT2D eigenvalue weighted by Gasteiger charge is 2.55. The molecule has 2 unspecified atom stereocenters. The summed E-state index contributed by atoms with van der Waals surface area (Å²) in [5, 5.41) is 11.5. The van der Waals surface area contributed by atoms with Crippen LogP contribution < -0.4 is 5.32 Å². The zero-order valence-electron chi connectivity index (χ0n) is 10.4. The Balaban J connectivity index is 2.26. The summed E-state index contributed by atoms with van der Waals surface area (Å²) in [6.45, 7) is 1.44. The van der Waals surface area contributed by atoms with Crippen molar-refractivity contribution < 1.29 is 19.5 Å². The minimum atomic E-state index is -1.17. The first-order valence-electron chi connectivity index (χ1n) is 6.37. The van der Waals surface area contributed by atoms with Gasteiger partial charge < -0.3 is 10.4 Å². The summed E-state index contributed by atoms with van der Waals surface area (Å²) >= 11 is 0. The average molecular weight is 254 g/mol. The molecule has 0 aromatic rings. The molecule has 1 saturated heterocycles. The third-order valence-electron chi connectivity index (χ3n) is 4.06. The number of imide groups is 1. The molecule has 2 N–H and O–H groups in total. The maximum absolute atomic E-state index is 12.4. The molecule has 0 aromatic carbocycles. The normalized spacial score (nSPS) is 31.8. The Morgan fingerprint density at radius 3 is 2.83 bits per heavy atom. The molecule has 6 nitrogen and oxygen atoms in total. The summed E-state index contributed by atoms with van der Waals surface area (Å²) in [4.78, 5) is 35.7. The van der Waals surface area contributed by atoms with Gasteiger partial charge in [-0.15, -0.1) is 0 Å². The van der Waals surface area contributed by atoms with Crippen molar-refractivity contribution in [1.29, 1.82) is 0 Å². The summed E-state index contributed by atoms with van der Waals surface area (Å²) in [6, 6.07) is -0.567. The van der Waals surface area contributed by atoms with Gasteiger partial charge in [-0.2, -0.15) is 0 Å². The van der Waals surface area contributed by atoms with E-state index in [4.69, 9.17) is 5.11 Å². The van der Waals surface area contributed by atoms with Gasteiger partial charge in [0.2, 0.25) is 0 Å². The van der Waals surface area contributed by atoms with Crippen LogP contribution in [0.2, 0.25) is 0 Å². The third-order valence-corrected chi connectivity index (χ3v) is 4.06. The number of aliphatic carboxylic acids is 1. The molecule has 3 amide bonds. The summed E-state index contributed by atoms with van der Waals surface area (Å²) in [5.74, 6) is -1.41. The van der Waals surface area contributed by atoms with Crippen molar-refractivity contribution in [2.75, 3.05) is 6.54 Å². The van der Waals surface area contributed by atoms with Crippen LogP contribution in [0.5, 0.6) is 0 Å². The molecule has 2 aliphatic rings. The van der Waals surface area contributed by atoms with Crippen molar-refractivity contribution in [3.05, 3.63) is 0 Å². The first-order valence-corrected chi connectivity index (χ1v) is 6.37. The Labute approximate surface area is 105 Å². The second-order valence-corrected chi connectivity index (χ2v) is 5.04. The number of carboxylic acids is 1. The van der Waals surface area contributed by atoms with Crippen LogP contribution in [0.25, 0.3) is 0 Å². The van der Waals surface area contributed by atoms with Crippen LogP contribution in [0.15, 0.2) is 0 Å². The van der Waals surface area contributed by atoms with E-state index in [1.54, 1.807) is 0 Å². The Morgan fingerprint density at radius 1 is 1.50 bits per heavy atom. The maximum atomic E-state index is 12.4. The SMILES string of the molecule is CCC1CCCCC12NC(=O)N(CC(=O)O)C2=O. The van der Waals surface area contributed by atoms with Gasteiger partial charge in [0.25, 0.3) is 5.91 Å². The van der Waals surface area contributed by atoms with Crippen LogP contribution in [-0.2, 0) is 9.59 Å². The molecule has 1 heterocycles. The quantitative estimate of drug-likeness (QED) is 0.734. The fraction of sp³-hybridized carbons (Fsp3) is 0.750. The number of urea groups is 1. The zero-order chi connectivity index (χ0) is 13.3. The molecule has 18 heavy (non-hydrogen) atoms. The summed E-state index contributed by atoms with van der Waals surface area (Å²) < 4.78 is 0. The lowest BCUT2D eigenvalue weighted by Crippen LogP contribution is -2.54. The van der Waals surface area contributed by atoms with E-state index in [1.807, 2.05) is 6.92 Å². The second-order valence-electron chi connectivity index (χ2n) is 5.04. The van der Waals surface area contributed by atoms with E-state index in [9.17, 15) is 14.4 Å². The van der Waals surface area contributed by atoms with Gasteiger partial charge >= 0.3 is 12.0 Å². The van der Waals surface area contributed by atoms with Gasteiger partial charge in [0, 0.05) is 0 Å². The van der Waals surface area contributed by atoms with Crippen molar-refractivity contribution >= 4 is 17.9 Å². The minimum absolute atomic E-state index is 0.112. The molecule has 1 aliphatic carbocycles. The Kier molecular flexibility index (Phi) is 3.28. The van der Waals surface area contributed by atoms with Crippen LogP contribution in [0.4, 0.5) is 4.79 Å². The standard InChI is InChI=1S/C12H18N2O4/c1-2-8-5-3-4-6-12(8)10(17)14(7-9(15)16)11(18)13-12/h8H,2-7H2,1H3,(H,13,18)(H,15,16). The second kappa shape index (κ2) is 4.59. The molecule has 100 valence electrons. The Morgan fingerprint density at radius 2 is 2.22 bits per heavy atom. The Bertz CT molecular complexity index is 396. The van der Waals surface area contributed by atoms with E-state index < -0.39 is 24.1 Å². The van der Waals surface area contributed by atoms with E-state index in [1.165, 1.54) is 0 Å². The lowest BCUT2D eigenvalue weighted by Gasteiger charge is -2.38. The predicted octanol–water partition coefficient (Wildman–Crippen LogP) is 0.962. The van der Waals surface area contributed by atoms with Gasteiger partial charge in [0.15, 0.2) is 0 Å². The molecule has 0 radical (unpaired) electrons. The molecule has 2 atom stereocenters. The summed E-state index contributed by atoms with van der Waals surface area (Å²) in [5.41, 5.74) is -0.848. The highest BCUT2D eigenvalue weighted by molar-refractivity contribution is 6.08. The summed E-state index contributed by atoms with van der Waals surface area (Å²) in [6.07, 6.45) is 4.29. The van der Waals surface area contributed by atoms with Crippen LogP contribution in [0.1, 0.15) is 39.0 Å². The molecular formula is C12H18N2O4. The van der Waals surface area contributed by atoms with Gasteiger partial charge in [0.1, 0.15) is 12.1 Å². The van der Waals surface area contributed by atoms with Crippen molar-refractivity contribution in [3.8, 4) is 0 Å². The number of carboxylic acid groups (broad SMARTS) is 1.